The topological polar surface area (TPSA) is 94.1 Å². The van der Waals surface area contributed by atoms with E-state index in [2.05, 4.69) is 10.3 Å². The summed E-state index contributed by atoms with van der Waals surface area (Å²) in [6.45, 7) is 1.70. The monoisotopic (exact) mass is 274 g/mol. The maximum atomic E-state index is 10.9. The summed E-state index contributed by atoms with van der Waals surface area (Å²) < 4.78 is 1.63. The fourth-order valence-electron chi connectivity index (χ4n) is 2.32. The summed E-state index contributed by atoms with van der Waals surface area (Å²) in [6.07, 6.45) is 2.07. The first-order valence-corrected chi connectivity index (χ1v) is 6.42. The molecule has 0 unspecified atom stereocenters. The number of aromatic nitrogens is 3. The van der Waals surface area contributed by atoms with Gasteiger partial charge in [-0.2, -0.15) is 0 Å². The van der Waals surface area contributed by atoms with Crippen molar-refractivity contribution in [2.45, 2.75) is 32.3 Å². The van der Waals surface area contributed by atoms with E-state index < -0.39 is 4.92 Å². The highest BCUT2D eigenvalue weighted by Gasteiger charge is 2.32. The first kappa shape index (κ1) is 12.7. The molecule has 2 aromatic rings. The molecule has 1 aromatic carbocycles. The van der Waals surface area contributed by atoms with E-state index in [-0.39, 0.29) is 12.3 Å². The minimum atomic E-state index is -0.427. The molecular formula is C13H14N4O3. The van der Waals surface area contributed by atoms with E-state index in [0.29, 0.717) is 17.3 Å². The Hall–Kier alpha value is -2.28. The van der Waals surface area contributed by atoms with Gasteiger partial charge in [-0.25, -0.2) is 4.68 Å². The SMILES string of the molecule is Cc1ccc([N+](=O)[O-])cc1-n1nnc(CO)c1C1CC1. The molecule has 1 aliphatic carbocycles. The summed E-state index contributed by atoms with van der Waals surface area (Å²) >= 11 is 0. The molecule has 0 bridgehead atoms. The van der Waals surface area contributed by atoms with E-state index >= 15 is 0 Å². The van der Waals surface area contributed by atoms with Gasteiger partial charge >= 0.3 is 0 Å². The molecule has 20 heavy (non-hydrogen) atoms. The highest BCUT2D eigenvalue weighted by molar-refractivity contribution is 5.49. The van der Waals surface area contributed by atoms with Crippen LogP contribution in [0.3, 0.4) is 0 Å². The van der Waals surface area contributed by atoms with Gasteiger partial charge in [-0.15, -0.1) is 5.10 Å². The van der Waals surface area contributed by atoms with Gasteiger partial charge in [0.2, 0.25) is 0 Å². The first-order valence-electron chi connectivity index (χ1n) is 6.42. The van der Waals surface area contributed by atoms with Crippen molar-refractivity contribution in [3.8, 4) is 5.69 Å². The van der Waals surface area contributed by atoms with Crippen molar-refractivity contribution >= 4 is 5.69 Å². The average Bonchev–Trinajstić information content (AvgIpc) is 3.18. The van der Waals surface area contributed by atoms with E-state index in [0.717, 1.165) is 24.1 Å². The standard InChI is InChI=1S/C13H14N4O3/c1-8-2-5-10(17(19)20)6-12(8)16-13(9-3-4-9)11(7-18)14-15-16/h2,5-6,9,18H,3-4,7H2,1H3. The number of nitro groups is 1. The number of aliphatic hydroxyl groups excluding tert-OH is 1. The molecule has 0 aliphatic heterocycles. The number of aliphatic hydroxyl groups is 1. The molecule has 1 aliphatic rings. The molecule has 1 saturated carbocycles. The zero-order valence-corrected chi connectivity index (χ0v) is 11.0. The Bertz CT molecular complexity index is 676. The van der Waals surface area contributed by atoms with E-state index in [4.69, 9.17) is 0 Å². The normalized spacial score (nSPS) is 14.5. The predicted octanol–water partition coefficient (Wildman–Crippen LogP) is 1.85. The van der Waals surface area contributed by atoms with Crippen LogP contribution in [-0.4, -0.2) is 25.0 Å². The van der Waals surface area contributed by atoms with Gasteiger partial charge in [-0.05, 0) is 25.3 Å². The minimum absolute atomic E-state index is 0.0217. The van der Waals surface area contributed by atoms with Gasteiger partial charge in [0.15, 0.2) is 0 Å². The van der Waals surface area contributed by atoms with Crippen LogP contribution in [0.5, 0.6) is 0 Å². The van der Waals surface area contributed by atoms with Crippen LogP contribution in [-0.2, 0) is 6.61 Å². The Morgan fingerprint density at radius 3 is 2.85 bits per heavy atom. The third kappa shape index (κ3) is 2.05. The van der Waals surface area contributed by atoms with Crippen molar-refractivity contribution in [2.75, 3.05) is 0 Å². The maximum absolute atomic E-state index is 10.9. The Labute approximate surface area is 115 Å². The number of rotatable bonds is 4. The zero-order chi connectivity index (χ0) is 14.3. The van der Waals surface area contributed by atoms with Crippen molar-refractivity contribution in [2.24, 2.45) is 0 Å². The van der Waals surface area contributed by atoms with Crippen LogP contribution >= 0.6 is 0 Å². The predicted molar refractivity (Wildman–Crippen MR) is 70.6 cm³/mol. The highest BCUT2D eigenvalue weighted by Crippen LogP contribution is 2.42. The summed E-state index contributed by atoms with van der Waals surface area (Å²) in [6, 6.07) is 4.67. The highest BCUT2D eigenvalue weighted by atomic mass is 16.6. The second-order valence-electron chi connectivity index (χ2n) is 4.99. The quantitative estimate of drug-likeness (QED) is 0.678. The van der Waals surface area contributed by atoms with E-state index in [1.165, 1.54) is 12.1 Å². The molecule has 104 valence electrons. The van der Waals surface area contributed by atoms with Crippen molar-refractivity contribution in [1.82, 2.24) is 15.0 Å². The van der Waals surface area contributed by atoms with E-state index in [1.807, 2.05) is 6.92 Å². The number of non-ortho nitro benzene ring substituents is 1. The molecule has 1 heterocycles. The van der Waals surface area contributed by atoms with Gasteiger partial charge in [-0.1, -0.05) is 11.3 Å². The van der Waals surface area contributed by atoms with Gasteiger partial charge in [0.25, 0.3) is 5.69 Å². The van der Waals surface area contributed by atoms with Crippen LogP contribution in [0.25, 0.3) is 5.69 Å². The van der Waals surface area contributed by atoms with Crippen LogP contribution in [0.4, 0.5) is 5.69 Å². The molecule has 7 heteroatoms. The van der Waals surface area contributed by atoms with Gasteiger partial charge in [0, 0.05) is 18.1 Å². The summed E-state index contributed by atoms with van der Waals surface area (Å²) in [5.41, 5.74) is 2.98. The average molecular weight is 274 g/mol. The largest absolute Gasteiger partial charge is 0.390 e. The van der Waals surface area contributed by atoms with Gasteiger partial charge in [0.1, 0.15) is 5.69 Å². The molecule has 0 saturated heterocycles. The summed E-state index contributed by atoms with van der Waals surface area (Å²) in [5, 5.41) is 28.3. The zero-order valence-electron chi connectivity index (χ0n) is 11.0. The number of nitrogens with zero attached hydrogens (tertiary/aromatic N) is 4. The minimum Gasteiger partial charge on any atom is -0.390 e. The molecule has 1 fully saturated rings. The lowest BCUT2D eigenvalue weighted by Gasteiger charge is -2.09. The van der Waals surface area contributed by atoms with Crippen LogP contribution in [0.15, 0.2) is 18.2 Å². The Morgan fingerprint density at radius 1 is 1.50 bits per heavy atom. The number of hydrogen-bond donors (Lipinski definition) is 1. The van der Waals surface area contributed by atoms with Crippen LogP contribution in [0.1, 0.15) is 35.7 Å². The molecule has 1 N–H and O–H groups in total. The van der Waals surface area contributed by atoms with Crippen molar-refractivity contribution in [1.29, 1.82) is 0 Å². The second-order valence-corrected chi connectivity index (χ2v) is 4.99. The summed E-state index contributed by atoms with van der Waals surface area (Å²) in [5.74, 6) is 0.339. The number of aryl methyl sites for hydroxylation is 1. The maximum Gasteiger partial charge on any atom is 0.271 e. The molecule has 0 atom stereocenters. The van der Waals surface area contributed by atoms with Crippen LogP contribution < -0.4 is 0 Å². The van der Waals surface area contributed by atoms with Crippen molar-refractivity contribution < 1.29 is 10.0 Å². The first-order chi connectivity index (χ1) is 9.61. The third-order valence-corrected chi connectivity index (χ3v) is 3.52. The van der Waals surface area contributed by atoms with Crippen LogP contribution in [0, 0.1) is 17.0 Å². The second kappa shape index (κ2) is 4.68. The third-order valence-electron chi connectivity index (χ3n) is 3.52. The molecule has 3 rings (SSSR count). The molecule has 0 radical (unpaired) electrons. The molecule has 0 amide bonds. The summed E-state index contributed by atoms with van der Waals surface area (Å²) in [4.78, 5) is 10.5. The lowest BCUT2D eigenvalue weighted by molar-refractivity contribution is -0.384. The van der Waals surface area contributed by atoms with E-state index in [1.54, 1.807) is 10.7 Å². The molecular weight excluding hydrogens is 260 g/mol. The molecule has 1 aromatic heterocycles. The smallest absolute Gasteiger partial charge is 0.271 e. The Balaban J connectivity index is 2.15. The van der Waals surface area contributed by atoms with E-state index in [9.17, 15) is 15.2 Å². The summed E-state index contributed by atoms with van der Waals surface area (Å²) in [7, 11) is 0. The van der Waals surface area contributed by atoms with Gasteiger partial charge in [-0.3, -0.25) is 10.1 Å². The molecule has 0 spiro atoms. The molecule has 7 nitrogen and oxygen atoms in total. The Morgan fingerprint density at radius 2 is 2.25 bits per heavy atom. The number of nitro benzene ring substituents is 1. The van der Waals surface area contributed by atoms with Crippen LogP contribution in [0.2, 0.25) is 0 Å². The van der Waals surface area contributed by atoms with Crippen molar-refractivity contribution in [3.63, 3.8) is 0 Å². The fourth-order valence-corrected chi connectivity index (χ4v) is 2.32. The van der Waals surface area contributed by atoms with Gasteiger partial charge in [0.05, 0.1) is 22.9 Å². The van der Waals surface area contributed by atoms with Gasteiger partial charge < -0.3 is 5.11 Å². The number of hydrogen-bond acceptors (Lipinski definition) is 5. The number of benzene rings is 1. The lowest BCUT2D eigenvalue weighted by atomic mass is 10.1. The van der Waals surface area contributed by atoms with Crippen molar-refractivity contribution in [3.05, 3.63) is 45.3 Å². The lowest BCUT2D eigenvalue weighted by Crippen LogP contribution is -2.05. The Kier molecular flexibility index (Phi) is 2.98. The fraction of sp³-hybridized carbons (Fsp3) is 0.385.